The zero-order valence-electron chi connectivity index (χ0n) is 8.27. The molecule has 0 aromatic rings. The van der Waals surface area contributed by atoms with Crippen LogP contribution in [0.15, 0.2) is 0 Å². The number of aliphatic hydroxyl groups excluding tert-OH is 3. The zero-order valence-corrected chi connectivity index (χ0v) is 8.27. The predicted octanol–water partition coefficient (Wildman–Crippen LogP) is -0.815. The molecule has 0 aliphatic carbocycles. The summed E-state index contributed by atoms with van der Waals surface area (Å²) < 4.78 is 0. The molecular weight excluding hydrogens is 170 g/mol. The van der Waals surface area contributed by atoms with Gasteiger partial charge in [-0.1, -0.05) is 0 Å². The minimum Gasteiger partial charge on any atom is -0.394 e. The van der Waals surface area contributed by atoms with Crippen molar-refractivity contribution in [2.24, 2.45) is 0 Å². The van der Waals surface area contributed by atoms with Crippen molar-refractivity contribution in [1.29, 1.82) is 0 Å². The Labute approximate surface area is 78.8 Å². The SMILES string of the molecule is C[C@H](O)CN1CC(O)CC1(C)CO. The van der Waals surface area contributed by atoms with Crippen LogP contribution >= 0.6 is 0 Å². The molecule has 13 heavy (non-hydrogen) atoms. The summed E-state index contributed by atoms with van der Waals surface area (Å²) in [7, 11) is 0. The van der Waals surface area contributed by atoms with Crippen LogP contribution in [0.3, 0.4) is 0 Å². The lowest BCUT2D eigenvalue weighted by Crippen LogP contribution is -2.47. The molecule has 1 aliphatic heterocycles. The van der Waals surface area contributed by atoms with Crippen LogP contribution in [0.25, 0.3) is 0 Å². The second-order valence-corrected chi connectivity index (χ2v) is 4.27. The molecule has 0 amide bonds. The molecule has 4 heteroatoms. The smallest absolute Gasteiger partial charge is 0.0685 e. The summed E-state index contributed by atoms with van der Waals surface area (Å²) in [6.45, 7) is 4.70. The summed E-state index contributed by atoms with van der Waals surface area (Å²) >= 11 is 0. The third-order valence-electron chi connectivity index (χ3n) is 2.70. The summed E-state index contributed by atoms with van der Waals surface area (Å²) in [5, 5.41) is 27.9. The molecule has 3 atom stereocenters. The van der Waals surface area contributed by atoms with Crippen molar-refractivity contribution in [3.8, 4) is 0 Å². The van der Waals surface area contributed by atoms with Crippen molar-refractivity contribution in [2.75, 3.05) is 19.7 Å². The zero-order chi connectivity index (χ0) is 10.1. The average Bonchev–Trinajstić information content (AvgIpc) is 2.27. The van der Waals surface area contributed by atoms with E-state index in [1.807, 2.05) is 11.8 Å². The lowest BCUT2D eigenvalue weighted by molar-refractivity contribution is 0.0419. The van der Waals surface area contributed by atoms with Crippen LogP contribution in [-0.2, 0) is 0 Å². The molecule has 1 heterocycles. The fraction of sp³-hybridized carbons (Fsp3) is 1.00. The number of rotatable bonds is 3. The first-order valence-corrected chi connectivity index (χ1v) is 4.70. The van der Waals surface area contributed by atoms with Crippen LogP contribution in [0, 0.1) is 0 Å². The maximum absolute atomic E-state index is 9.44. The van der Waals surface area contributed by atoms with Crippen LogP contribution in [0.1, 0.15) is 20.3 Å². The maximum Gasteiger partial charge on any atom is 0.0685 e. The standard InChI is InChI=1S/C9H19NO3/c1-7(12)4-10-5-8(13)3-9(10,2)6-11/h7-8,11-13H,3-6H2,1-2H3/t7-,8?,9?/m0/s1. The Morgan fingerprint density at radius 2 is 2.23 bits per heavy atom. The minimum absolute atomic E-state index is 0.0246. The Bertz CT molecular complexity index is 174. The molecule has 1 saturated heterocycles. The lowest BCUT2D eigenvalue weighted by atomic mass is 9.99. The number of aliphatic hydroxyl groups is 3. The van der Waals surface area contributed by atoms with Crippen molar-refractivity contribution in [3.05, 3.63) is 0 Å². The van der Waals surface area contributed by atoms with Crippen LogP contribution in [0.4, 0.5) is 0 Å². The van der Waals surface area contributed by atoms with Crippen LogP contribution in [0.5, 0.6) is 0 Å². The molecule has 78 valence electrons. The summed E-state index contributed by atoms with van der Waals surface area (Å²) in [5.74, 6) is 0. The van der Waals surface area contributed by atoms with Crippen LogP contribution in [0.2, 0.25) is 0 Å². The molecule has 1 rings (SSSR count). The summed E-state index contributed by atoms with van der Waals surface area (Å²) in [6.07, 6.45) is -0.219. The fourth-order valence-corrected chi connectivity index (χ4v) is 1.95. The normalized spacial score (nSPS) is 38.1. The second kappa shape index (κ2) is 3.92. The van der Waals surface area contributed by atoms with Gasteiger partial charge in [0.15, 0.2) is 0 Å². The average molecular weight is 189 g/mol. The molecule has 1 aliphatic rings. The number of β-amino-alcohol motifs (C(OH)–C–C–N with tert-alkyl or cyclic N) is 2. The van der Waals surface area contributed by atoms with Gasteiger partial charge in [-0.05, 0) is 20.3 Å². The van der Waals surface area contributed by atoms with Gasteiger partial charge in [0.1, 0.15) is 0 Å². The van der Waals surface area contributed by atoms with Gasteiger partial charge in [-0.25, -0.2) is 0 Å². The van der Waals surface area contributed by atoms with Gasteiger partial charge in [0, 0.05) is 18.6 Å². The molecule has 0 spiro atoms. The molecule has 4 nitrogen and oxygen atoms in total. The first kappa shape index (κ1) is 10.9. The molecule has 2 unspecified atom stereocenters. The van der Waals surface area contributed by atoms with Crippen molar-refractivity contribution < 1.29 is 15.3 Å². The molecular formula is C9H19NO3. The van der Waals surface area contributed by atoms with Crippen LogP contribution in [-0.4, -0.2) is 57.7 Å². The van der Waals surface area contributed by atoms with E-state index in [9.17, 15) is 15.3 Å². The van der Waals surface area contributed by atoms with Crippen molar-refractivity contribution in [2.45, 2.75) is 38.0 Å². The number of hydrogen-bond acceptors (Lipinski definition) is 4. The van der Waals surface area contributed by atoms with Gasteiger partial charge in [0.2, 0.25) is 0 Å². The largest absolute Gasteiger partial charge is 0.394 e. The molecule has 0 bridgehead atoms. The first-order valence-electron chi connectivity index (χ1n) is 4.70. The maximum atomic E-state index is 9.44. The van der Waals surface area contributed by atoms with Gasteiger partial charge in [0.05, 0.1) is 18.8 Å². The van der Waals surface area contributed by atoms with Crippen LogP contribution < -0.4 is 0 Å². The van der Waals surface area contributed by atoms with Gasteiger partial charge in [-0.3, -0.25) is 4.90 Å². The second-order valence-electron chi connectivity index (χ2n) is 4.27. The van der Waals surface area contributed by atoms with E-state index in [2.05, 4.69) is 0 Å². The van der Waals surface area contributed by atoms with Crippen molar-refractivity contribution >= 4 is 0 Å². The van der Waals surface area contributed by atoms with Gasteiger partial charge in [0.25, 0.3) is 0 Å². The van der Waals surface area contributed by atoms with E-state index in [-0.39, 0.29) is 18.2 Å². The summed E-state index contributed by atoms with van der Waals surface area (Å²) in [5.41, 5.74) is -0.365. The Hall–Kier alpha value is -0.160. The van der Waals surface area contributed by atoms with Crippen molar-refractivity contribution in [1.82, 2.24) is 4.90 Å². The third kappa shape index (κ3) is 2.40. The summed E-state index contributed by atoms with van der Waals surface area (Å²) in [6, 6.07) is 0. The molecule has 0 saturated carbocycles. The lowest BCUT2D eigenvalue weighted by Gasteiger charge is -2.33. The van der Waals surface area contributed by atoms with E-state index in [4.69, 9.17) is 0 Å². The minimum atomic E-state index is -0.420. The highest BCUT2D eigenvalue weighted by Gasteiger charge is 2.40. The highest BCUT2D eigenvalue weighted by Crippen LogP contribution is 2.28. The van der Waals surface area contributed by atoms with Crippen molar-refractivity contribution in [3.63, 3.8) is 0 Å². The third-order valence-corrected chi connectivity index (χ3v) is 2.70. The highest BCUT2D eigenvalue weighted by molar-refractivity contribution is 4.96. The topological polar surface area (TPSA) is 63.9 Å². The molecule has 1 fully saturated rings. The summed E-state index contributed by atoms with van der Waals surface area (Å²) in [4.78, 5) is 1.95. The van der Waals surface area contributed by atoms with E-state index in [1.165, 1.54) is 0 Å². The van der Waals surface area contributed by atoms with Gasteiger partial charge < -0.3 is 15.3 Å². The molecule has 0 aromatic carbocycles. The van der Waals surface area contributed by atoms with E-state index in [0.717, 1.165) is 0 Å². The van der Waals surface area contributed by atoms with Gasteiger partial charge in [-0.2, -0.15) is 0 Å². The molecule has 0 aromatic heterocycles. The first-order chi connectivity index (χ1) is 5.98. The van der Waals surface area contributed by atoms with E-state index < -0.39 is 6.10 Å². The number of hydrogen-bond donors (Lipinski definition) is 3. The van der Waals surface area contributed by atoms with E-state index >= 15 is 0 Å². The molecule has 0 radical (unpaired) electrons. The predicted molar refractivity (Wildman–Crippen MR) is 49.4 cm³/mol. The Kier molecular flexibility index (Phi) is 3.29. The number of likely N-dealkylation sites (tertiary alicyclic amines) is 1. The molecule has 3 N–H and O–H groups in total. The quantitative estimate of drug-likeness (QED) is 0.543. The van der Waals surface area contributed by atoms with E-state index in [1.54, 1.807) is 6.92 Å². The fourth-order valence-electron chi connectivity index (χ4n) is 1.95. The van der Waals surface area contributed by atoms with Gasteiger partial charge in [-0.15, -0.1) is 0 Å². The Morgan fingerprint density at radius 1 is 1.62 bits per heavy atom. The monoisotopic (exact) mass is 189 g/mol. The Balaban J connectivity index is 2.61. The number of nitrogens with zero attached hydrogens (tertiary/aromatic N) is 1. The Morgan fingerprint density at radius 3 is 2.69 bits per heavy atom. The van der Waals surface area contributed by atoms with Gasteiger partial charge >= 0.3 is 0 Å². The van der Waals surface area contributed by atoms with E-state index in [0.29, 0.717) is 19.5 Å². The highest BCUT2D eigenvalue weighted by atomic mass is 16.3.